The lowest BCUT2D eigenvalue weighted by Crippen LogP contribution is -2.11. The van der Waals surface area contributed by atoms with E-state index in [9.17, 15) is 0 Å². The smallest absolute Gasteiger partial charge is 0.203 e. The first-order valence-corrected chi connectivity index (χ1v) is 7.75. The quantitative estimate of drug-likeness (QED) is 0.701. The molecule has 5 heteroatoms. The van der Waals surface area contributed by atoms with Gasteiger partial charge in [-0.1, -0.05) is 6.92 Å². The maximum absolute atomic E-state index is 5.04. The lowest BCUT2D eigenvalue weighted by atomic mass is 10.3. The van der Waals surface area contributed by atoms with Crippen molar-refractivity contribution in [2.24, 2.45) is 0 Å². The third kappa shape index (κ3) is 5.31. The van der Waals surface area contributed by atoms with Gasteiger partial charge in [0.1, 0.15) is 0 Å². The van der Waals surface area contributed by atoms with Crippen molar-refractivity contribution in [3.8, 4) is 0 Å². The summed E-state index contributed by atoms with van der Waals surface area (Å²) in [6.45, 7) is 7.02. The zero-order valence-electron chi connectivity index (χ0n) is 11.9. The Morgan fingerprint density at radius 3 is 3.00 bits per heavy atom. The fourth-order valence-electron chi connectivity index (χ4n) is 1.71. The molecule has 4 nitrogen and oxygen atoms in total. The summed E-state index contributed by atoms with van der Waals surface area (Å²) in [5.74, 6) is 0.983. The van der Waals surface area contributed by atoms with E-state index in [-0.39, 0.29) is 0 Å². The minimum absolute atomic E-state index is 0.689. The molecule has 0 aromatic carbocycles. The maximum Gasteiger partial charge on any atom is 0.203 e. The van der Waals surface area contributed by atoms with E-state index in [0.29, 0.717) is 5.25 Å². The number of aromatic nitrogens is 2. The summed E-state index contributed by atoms with van der Waals surface area (Å²) in [6, 6.07) is 0. The normalized spacial score (nSPS) is 12.7. The Labute approximate surface area is 115 Å². The van der Waals surface area contributed by atoms with E-state index in [0.717, 1.165) is 37.8 Å². The molecule has 0 aliphatic carbocycles. The zero-order valence-corrected chi connectivity index (χ0v) is 12.7. The van der Waals surface area contributed by atoms with Crippen molar-refractivity contribution in [3.63, 3.8) is 0 Å². The van der Waals surface area contributed by atoms with Gasteiger partial charge in [-0.3, -0.25) is 0 Å². The molecule has 0 spiro atoms. The topological polar surface area (TPSA) is 39.1 Å². The van der Waals surface area contributed by atoms with E-state index in [1.165, 1.54) is 6.42 Å². The molecule has 0 amide bonds. The molecule has 104 valence electrons. The van der Waals surface area contributed by atoms with Crippen LogP contribution in [0.2, 0.25) is 0 Å². The predicted octanol–water partition coefficient (Wildman–Crippen LogP) is 2.78. The highest BCUT2D eigenvalue weighted by molar-refractivity contribution is 7.99. The molecule has 0 radical (unpaired) electrons. The van der Waals surface area contributed by atoms with Crippen LogP contribution in [0.5, 0.6) is 0 Å². The molecule has 1 heterocycles. The maximum atomic E-state index is 5.04. The lowest BCUT2D eigenvalue weighted by molar-refractivity contribution is 0.197. The average Bonchev–Trinajstić information content (AvgIpc) is 2.72. The first-order chi connectivity index (χ1) is 8.67. The number of hydrogen-bond acceptors (Lipinski definition) is 4. The average molecular weight is 271 g/mol. The van der Waals surface area contributed by atoms with Gasteiger partial charge in [0.2, 0.25) is 5.95 Å². The Morgan fingerprint density at radius 2 is 2.33 bits per heavy atom. The van der Waals surface area contributed by atoms with Crippen LogP contribution in [0.1, 0.15) is 25.5 Å². The van der Waals surface area contributed by atoms with Crippen LogP contribution < -0.4 is 5.32 Å². The molecule has 1 N–H and O–H groups in total. The van der Waals surface area contributed by atoms with Crippen molar-refractivity contribution < 1.29 is 4.74 Å². The Morgan fingerprint density at radius 1 is 1.56 bits per heavy atom. The number of thioether (sulfide) groups is 1. The minimum atomic E-state index is 0.689. The molecule has 1 aromatic rings. The van der Waals surface area contributed by atoms with E-state index in [2.05, 4.69) is 34.2 Å². The van der Waals surface area contributed by atoms with Crippen LogP contribution in [0, 0.1) is 6.92 Å². The van der Waals surface area contributed by atoms with Gasteiger partial charge in [0.05, 0.1) is 5.69 Å². The number of rotatable bonds is 9. The molecule has 1 aromatic heterocycles. The van der Waals surface area contributed by atoms with E-state index in [1.807, 2.05) is 18.7 Å². The van der Waals surface area contributed by atoms with Crippen LogP contribution in [0.4, 0.5) is 5.95 Å². The Kier molecular flexibility index (Phi) is 7.20. The van der Waals surface area contributed by atoms with Gasteiger partial charge in [-0.15, -0.1) is 0 Å². The van der Waals surface area contributed by atoms with Gasteiger partial charge in [-0.05, 0) is 26.0 Å². The standard InChI is InChI=1S/C13H25N3OS/c1-11-10-16(8-6-12(2)18-4)13(15-11)14-7-5-9-17-3/h10,12H,5-9H2,1-4H3,(H,14,15). The molecule has 0 saturated heterocycles. The number of nitrogens with one attached hydrogen (secondary N) is 1. The van der Waals surface area contributed by atoms with Gasteiger partial charge in [0, 0.05) is 38.3 Å². The summed E-state index contributed by atoms with van der Waals surface area (Å²) < 4.78 is 7.26. The number of aryl methyl sites for hydroxylation is 2. The highest BCUT2D eigenvalue weighted by atomic mass is 32.2. The van der Waals surface area contributed by atoms with Crippen LogP contribution in [0.25, 0.3) is 0 Å². The SMILES string of the molecule is COCCCNc1nc(C)cn1CCC(C)SC. The number of nitrogens with zero attached hydrogens (tertiary/aromatic N) is 2. The second-order valence-electron chi connectivity index (χ2n) is 4.51. The molecule has 1 atom stereocenters. The molecule has 0 saturated carbocycles. The Bertz CT molecular complexity index is 341. The summed E-state index contributed by atoms with van der Waals surface area (Å²) in [5, 5.41) is 4.06. The van der Waals surface area contributed by atoms with Crippen molar-refractivity contribution in [1.82, 2.24) is 9.55 Å². The lowest BCUT2D eigenvalue weighted by Gasteiger charge is -2.12. The summed E-state index contributed by atoms with van der Waals surface area (Å²) in [7, 11) is 1.73. The summed E-state index contributed by atoms with van der Waals surface area (Å²) in [4.78, 5) is 4.52. The van der Waals surface area contributed by atoms with Crippen molar-refractivity contribution in [1.29, 1.82) is 0 Å². The van der Waals surface area contributed by atoms with Crippen LogP contribution in [-0.4, -0.2) is 41.3 Å². The summed E-state index contributed by atoms with van der Waals surface area (Å²) in [5.41, 5.74) is 1.07. The monoisotopic (exact) mass is 271 g/mol. The number of hydrogen-bond donors (Lipinski definition) is 1. The van der Waals surface area contributed by atoms with Crippen LogP contribution in [0.15, 0.2) is 6.20 Å². The molecular weight excluding hydrogens is 246 g/mol. The predicted molar refractivity (Wildman–Crippen MR) is 79.5 cm³/mol. The molecule has 0 fully saturated rings. The van der Waals surface area contributed by atoms with E-state index >= 15 is 0 Å². The van der Waals surface area contributed by atoms with Gasteiger partial charge < -0.3 is 14.6 Å². The Hall–Kier alpha value is -0.680. The second-order valence-corrected chi connectivity index (χ2v) is 5.78. The second kappa shape index (κ2) is 8.43. The van der Waals surface area contributed by atoms with Crippen LogP contribution >= 0.6 is 11.8 Å². The van der Waals surface area contributed by atoms with Gasteiger partial charge in [-0.25, -0.2) is 4.98 Å². The fourth-order valence-corrected chi connectivity index (χ4v) is 2.05. The number of imidazole rings is 1. The molecular formula is C13H25N3OS. The number of anilines is 1. The largest absolute Gasteiger partial charge is 0.385 e. The van der Waals surface area contributed by atoms with E-state index < -0.39 is 0 Å². The summed E-state index contributed by atoms with van der Waals surface area (Å²) in [6.07, 6.45) is 6.45. The van der Waals surface area contributed by atoms with E-state index in [4.69, 9.17) is 4.74 Å². The van der Waals surface area contributed by atoms with Crippen molar-refractivity contribution in [3.05, 3.63) is 11.9 Å². The zero-order chi connectivity index (χ0) is 13.4. The fraction of sp³-hybridized carbons (Fsp3) is 0.769. The molecule has 0 aliphatic heterocycles. The van der Waals surface area contributed by atoms with Gasteiger partial charge in [0.15, 0.2) is 0 Å². The molecule has 1 unspecified atom stereocenters. The van der Waals surface area contributed by atoms with Crippen molar-refractivity contribution in [2.75, 3.05) is 31.8 Å². The minimum Gasteiger partial charge on any atom is -0.385 e. The third-order valence-corrected chi connectivity index (χ3v) is 3.92. The van der Waals surface area contributed by atoms with Crippen LogP contribution in [0.3, 0.4) is 0 Å². The Balaban J connectivity index is 2.45. The highest BCUT2D eigenvalue weighted by Crippen LogP contribution is 2.14. The number of methoxy groups -OCH3 is 1. The van der Waals surface area contributed by atoms with Crippen molar-refractivity contribution in [2.45, 2.75) is 38.5 Å². The van der Waals surface area contributed by atoms with Crippen LogP contribution in [-0.2, 0) is 11.3 Å². The molecule has 0 bridgehead atoms. The molecule has 18 heavy (non-hydrogen) atoms. The van der Waals surface area contributed by atoms with Gasteiger partial charge in [-0.2, -0.15) is 11.8 Å². The van der Waals surface area contributed by atoms with Gasteiger partial charge >= 0.3 is 0 Å². The first-order valence-electron chi connectivity index (χ1n) is 6.46. The molecule has 1 rings (SSSR count). The first kappa shape index (κ1) is 15.4. The highest BCUT2D eigenvalue weighted by Gasteiger charge is 2.06. The molecule has 0 aliphatic rings. The third-order valence-electron chi connectivity index (χ3n) is 2.88. The van der Waals surface area contributed by atoms with Gasteiger partial charge in [0.25, 0.3) is 0 Å². The summed E-state index contributed by atoms with van der Waals surface area (Å²) >= 11 is 1.91. The van der Waals surface area contributed by atoms with E-state index in [1.54, 1.807) is 7.11 Å². The number of ether oxygens (including phenoxy) is 1. The van der Waals surface area contributed by atoms with Crippen molar-refractivity contribution >= 4 is 17.7 Å².